The minimum absolute atomic E-state index is 0.0492. The van der Waals surface area contributed by atoms with Crippen LogP contribution in [0.25, 0.3) is 0 Å². The van der Waals surface area contributed by atoms with Gasteiger partial charge in [0.05, 0.1) is 49.8 Å². The summed E-state index contributed by atoms with van der Waals surface area (Å²) in [7, 11) is 0. The van der Waals surface area contributed by atoms with Gasteiger partial charge in [0, 0.05) is 11.8 Å². The number of hydrogen-bond acceptors (Lipinski definition) is 17. The molecule has 0 spiro atoms. The zero-order valence-corrected chi connectivity index (χ0v) is 36.9. The van der Waals surface area contributed by atoms with E-state index in [-0.39, 0.29) is 35.9 Å². The van der Waals surface area contributed by atoms with Gasteiger partial charge in [-0.15, -0.1) is 0 Å². The Morgan fingerprint density at radius 2 is 1.39 bits per heavy atom. The van der Waals surface area contributed by atoms with Crippen molar-refractivity contribution in [1.29, 1.82) is 0 Å². The van der Waals surface area contributed by atoms with Gasteiger partial charge < -0.3 is 84.2 Å². The van der Waals surface area contributed by atoms with Crippen molar-refractivity contribution in [2.24, 2.45) is 46.3 Å². The molecule has 3 saturated carbocycles. The van der Waals surface area contributed by atoms with E-state index in [1.165, 1.54) is 6.92 Å². The second-order valence-electron chi connectivity index (χ2n) is 20.9. The van der Waals surface area contributed by atoms with Gasteiger partial charge >= 0.3 is 0 Å². The Kier molecular flexibility index (Phi) is 14.0. The Morgan fingerprint density at radius 3 is 2.06 bits per heavy atom. The maximum absolute atomic E-state index is 11.4. The van der Waals surface area contributed by atoms with E-state index in [1.807, 2.05) is 0 Å². The lowest BCUT2D eigenvalue weighted by atomic mass is 9.46. The quantitative estimate of drug-likeness (QED) is 0.121. The monoisotopic (exact) mass is 886 g/mol. The van der Waals surface area contributed by atoms with Gasteiger partial charge in [0.2, 0.25) is 0 Å². The fourth-order valence-corrected chi connectivity index (χ4v) is 13.6. The molecule has 4 heterocycles. The van der Waals surface area contributed by atoms with E-state index in [9.17, 15) is 51.1 Å². The second kappa shape index (κ2) is 18.3. The van der Waals surface area contributed by atoms with E-state index in [0.717, 1.165) is 44.1 Å². The Hall–Kier alpha value is -0.940. The molecule has 10 N–H and O–H groups in total. The smallest absolute Gasteiger partial charge is 0.187 e. The van der Waals surface area contributed by atoms with Gasteiger partial charge in [-0.1, -0.05) is 39.3 Å². The molecule has 8 aliphatic rings. The molecule has 0 aromatic carbocycles. The van der Waals surface area contributed by atoms with E-state index < -0.39 is 116 Å². The Morgan fingerprint density at radius 1 is 0.726 bits per heavy atom. The molecule has 0 amide bonds. The average molecular weight is 887 g/mol. The number of aliphatic hydroxyl groups is 10. The van der Waals surface area contributed by atoms with Crippen molar-refractivity contribution in [1.82, 2.24) is 0 Å². The van der Waals surface area contributed by atoms with Crippen LogP contribution in [0.2, 0.25) is 0 Å². The lowest BCUT2D eigenvalue weighted by Gasteiger charge is -2.60. The summed E-state index contributed by atoms with van der Waals surface area (Å²) in [4.78, 5) is 0. The predicted molar refractivity (Wildman–Crippen MR) is 216 cm³/mol. The first-order valence-electron chi connectivity index (χ1n) is 23.3. The molecule has 0 aromatic heterocycles. The van der Waals surface area contributed by atoms with E-state index in [1.54, 1.807) is 6.92 Å². The summed E-state index contributed by atoms with van der Waals surface area (Å²) in [5.74, 6) is 1.77. The molecular weight excluding hydrogens is 812 g/mol. The Bertz CT molecular complexity index is 1570. The van der Waals surface area contributed by atoms with Crippen LogP contribution in [-0.2, 0) is 33.2 Å². The molecule has 0 bridgehead atoms. The first-order chi connectivity index (χ1) is 29.3. The Balaban J connectivity index is 0.944. The van der Waals surface area contributed by atoms with Crippen LogP contribution < -0.4 is 0 Å². The third-order valence-corrected chi connectivity index (χ3v) is 17.3. The summed E-state index contributed by atoms with van der Waals surface area (Å²) >= 11 is 0. The number of allylic oxidation sites excluding steroid dienone is 1. The number of fused-ring (bicyclic) bond motifs is 7. The van der Waals surface area contributed by atoms with Gasteiger partial charge in [0.25, 0.3) is 0 Å². The van der Waals surface area contributed by atoms with Gasteiger partial charge in [-0.25, -0.2) is 0 Å². The van der Waals surface area contributed by atoms with Crippen molar-refractivity contribution in [3.8, 4) is 0 Å². The molecule has 17 heteroatoms. The minimum Gasteiger partial charge on any atom is -0.394 e. The molecule has 4 saturated heterocycles. The molecule has 27 atom stereocenters. The van der Waals surface area contributed by atoms with Gasteiger partial charge in [-0.3, -0.25) is 0 Å². The van der Waals surface area contributed by atoms with Crippen molar-refractivity contribution >= 4 is 0 Å². The summed E-state index contributed by atoms with van der Waals surface area (Å²) in [6.45, 7) is 11.9. The summed E-state index contributed by atoms with van der Waals surface area (Å²) in [6, 6.07) is 0. The highest BCUT2D eigenvalue weighted by Crippen LogP contribution is 2.69. The Labute approximate surface area is 364 Å². The van der Waals surface area contributed by atoms with Crippen LogP contribution in [0.1, 0.15) is 92.9 Å². The molecule has 1 unspecified atom stereocenters. The van der Waals surface area contributed by atoms with Crippen LogP contribution in [-0.4, -0.2) is 181 Å². The largest absolute Gasteiger partial charge is 0.394 e. The van der Waals surface area contributed by atoms with Crippen molar-refractivity contribution in [3.05, 3.63) is 11.6 Å². The zero-order valence-electron chi connectivity index (χ0n) is 36.9. The number of ether oxygens (including phenoxy) is 7. The van der Waals surface area contributed by atoms with E-state index in [2.05, 4.69) is 33.8 Å². The van der Waals surface area contributed by atoms with E-state index in [0.29, 0.717) is 36.7 Å². The first-order valence-corrected chi connectivity index (χ1v) is 23.3. The fourth-order valence-electron chi connectivity index (χ4n) is 13.6. The number of aliphatic hydroxyl groups excluding tert-OH is 10. The molecule has 17 nitrogen and oxygen atoms in total. The number of rotatable bonds is 11. The van der Waals surface area contributed by atoms with Gasteiger partial charge in [-0.05, 0) is 99.7 Å². The SMILES string of the molecule is C[C@H](CCC1O[C@H]2C[C@H]3[C@@H]4CC=C5C[C@@H](O)C[C@@H](O[C@@H]6O[C@H](CO)[C@H](O)[C@H](O)[C@H]6O[C@@H]6O[C@@H](C)[C@H](O)[C@@H](O)[C@H]6O)[C@]5(C)[C@H]4CC[C@]3(C)[C@H]2[C@@H]1C)CO[C@@H]1O[C@@H](C)[C@H](O)[C@@H](O)[C@H]1O. The van der Waals surface area contributed by atoms with Gasteiger partial charge in [0.1, 0.15) is 61.0 Å². The normalized spacial score (nSPS) is 55.7. The van der Waals surface area contributed by atoms with Crippen LogP contribution in [0.4, 0.5) is 0 Å². The standard InChI is InChI=1S/C45H74O17/c1-18(17-56-41-38(54)35(51)32(48)20(3)57-41)7-10-27-19(2)31-28(59-27)15-26-24-9-8-22-13-23(47)14-30(45(22,6)25(24)11-12-44(26,31)5)61-43-40(37(53)34(50)29(16-46)60-43)62-42-39(55)36(52)33(49)21(4)58-42/h8,18-21,23-43,46-55H,7,9-17H2,1-6H3/t18-,19-,20+,21+,23-,24-,25+,26+,27?,28+,29-,30-,31+,32+,33+,34+,35-,36-,37+,38-,39-,40-,41-,42+,43+,44+,45+/m1/s1. The van der Waals surface area contributed by atoms with Crippen LogP contribution in [0, 0.1) is 46.3 Å². The zero-order chi connectivity index (χ0) is 44.7. The molecule has 356 valence electrons. The minimum atomic E-state index is -1.69. The second-order valence-corrected chi connectivity index (χ2v) is 20.9. The third kappa shape index (κ3) is 8.17. The first kappa shape index (κ1) is 47.5. The van der Waals surface area contributed by atoms with Crippen molar-refractivity contribution in [3.63, 3.8) is 0 Å². The van der Waals surface area contributed by atoms with Crippen LogP contribution in [0.3, 0.4) is 0 Å². The van der Waals surface area contributed by atoms with Gasteiger partial charge in [-0.2, -0.15) is 0 Å². The molecule has 4 aliphatic carbocycles. The van der Waals surface area contributed by atoms with Crippen LogP contribution >= 0.6 is 0 Å². The maximum atomic E-state index is 11.4. The molecule has 0 radical (unpaired) electrons. The van der Waals surface area contributed by atoms with Crippen molar-refractivity contribution in [2.45, 2.75) is 209 Å². The van der Waals surface area contributed by atoms with Gasteiger partial charge in [0.15, 0.2) is 18.9 Å². The number of hydrogen-bond donors (Lipinski definition) is 10. The van der Waals surface area contributed by atoms with E-state index >= 15 is 0 Å². The summed E-state index contributed by atoms with van der Waals surface area (Å²) < 4.78 is 43.2. The fraction of sp³-hybridized carbons (Fsp3) is 0.956. The average Bonchev–Trinajstić information content (AvgIpc) is 3.73. The predicted octanol–water partition coefficient (Wildman–Crippen LogP) is -0.153. The molecular formula is C45H74O17. The molecule has 7 fully saturated rings. The summed E-state index contributed by atoms with van der Waals surface area (Å²) in [5, 5.41) is 106. The third-order valence-electron chi connectivity index (χ3n) is 17.3. The lowest BCUT2D eigenvalue weighted by Crippen LogP contribution is -2.65. The van der Waals surface area contributed by atoms with Crippen LogP contribution in [0.15, 0.2) is 11.6 Å². The molecule has 4 aliphatic heterocycles. The van der Waals surface area contributed by atoms with Crippen molar-refractivity contribution < 1.29 is 84.2 Å². The summed E-state index contributed by atoms with van der Waals surface area (Å²) in [5.41, 5.74) is 0.625. The topological polar surface area (TPSA) is 267 Å². The van der Waals surface area contributed by atoms with Crippen molar-refractivity contribution in [2.75, 3.05) is 13.2 Å². The summed E-state index contributed by atoms with van der Waals surface area (Å²) in [6.07, 6.45) is -12.4. The lowest BCUT2D eigenvalue weighted by molar-refractivity contribution is -0.374. The highest BCUT2D eigenvalue weighted by molar-refractivity contribution is 5.28. The molecule has 62 heavy (non-hydrogen) atoms. The molecule has 0 aromatic rings. The molecule has 8 rings (SSSR count). The highest BCUT2D eigenvalue weighted by atomic mass is 16.8. The highest BCUT2D eigenvalue weighted by Gasteiger charge is 2.66. The van der Waals surface area contributed by atoms with Crippen LogP contribution in [0.5, 0.6) is 0 Å². The van der Waals surface area contributed by atoms with E-state index in [4.69, 9.17) is 33.2 Å². The maximum Gasteiger partial charge on any atom is 0.187 e.